The molecule has 0 saturated carbocycles. The first-order valence-electron chi connectivity index (χ1n) is 10.2. The van der Waals surface area contributed by atoms with Gasteiger partial charge in [-0.25, -0.2) is 4.98 Å². The van der Waals surface area contributed by atoms with Gasteiger partial charge in [0.25, 0.3) is 0 Å². The van der Waals surface area contributed by atoms with Crippen LogP contribution < -0.4 is 5.32 Å². The molecule has 1 unspecified atom stereocenters. The highest BCUT2D eigenvalue weighted by atomic mass is 35.5. The average Bonchev–Trinajstić information content (AvgIpc) is 3.44. The number of nitrogens with one attached hydrogen (secondary N) is 1. The van der Waals surface area contributed by atoms with Gasteiger partial charge in [-0.15, -0.1) is 0 Å². The van der Waals surface area contributed by atoms with Gasteiger partial charge in [-0.1, -0.05) is 28.9 Å². The molecule has 0 aliphatic rings. The quantitative estimate of drug-likeness (QED) is 0.433. The number of aryl methyl sites for hydroxylation is 3. The average molecular weight is 450 g/mol. The first-order chi connectivity index (χ1) is 15.3. The van der Waals surface area contributed by atoms with Gasteiger partial charge in [0.15, 0.2) is 5.82 Å². The molecule has 3 heterocycles. The van der Waals surface area contributed by atoms with Crippen molar-refractivity contribution >= 4 is 23.6 Å². The normalized spacial score (nSPS) is 12.4. The van der Waals surface area contributed by atoms with Crippen molar-refractivity contribution in [3.63, 3.8) is 0 Å². The van der Waals surface area contributed by atoms with Crippen LogP contribution in [-0.4, -0.2) is 25.2 Å². The number of halogens is 1. The van der Waals surface area contributed by atoms with Gasteiger partial charge < -0.3 is 14.4 Å². The molecule has 4 aromatic rings. The Bertz CT molecular complexity index is 1280. The maximum Gasteiger partial charge on any atom is 0.244 e. The Kier molecular flexibility index (Phi) is 6.01. The maximum absolute atomic E-state index is 12.9. The standard InChI is InChI=1S/C24H24ClN5O2/c1-15-13-19(17(3)30(15)21-14-16(2)32-28-21)7-10-22(31)27-23(24-26-11-12-29(24)4)18-5-8-20(25)9-6-18/h5-14,23H,1-4H3,(H,27,31)/b10-7+. The number of carbonyl (C=O) groups is 1. The summed E-state index contributed by atoms with van der Waals surface area (Å²) in [7, 11) is 1.90. The van der Waals surface area contributed by atoms with Crippen molar-refractivity contribution in [2.45, 2.75) is 26.8 Å². The van der Waals surface area contributed by atoms with Crippen LogP contribution >= 0.6 is 11.6 Å². The fourth-order valence-corrected chi connectivity index (χ4v) is 3.86. The zero-order valence-corrected chi connectivity index (χ0v) is 19.1. The van der Waals surface area contributed by atoms with E-state index in [4.69, 9.17) is 16.1 Å². The Morgan fingerprint density at radius 1 is 1.19 bits per heavy atom. The minimum Gasteiger partial charge on any atom is -0.360 e. The molecule has 4 rings (SSSR count). The van der Waals surface area contributed by atoms with Crippen LogP contribution in [0.2, 0.25) is 5.02 Å². The van der Waals surface area contributed by atoms with Gasteiger partial charge in [-0.2, -0.15) is 0 Å². The Morgan fingerprint density at radius 2 is 1.94 bits per heavy atom. The fourth-order valence-electron chi connectivity index (χ4n) is 3.73. The van der Waals surface area contributed by atoms with Crippen LogP contribution in [0, 0.1) is 20.8 Å². The lowest BCUT2D eigenvalue weighted by Gasteiger charge is -2.18. The van der Waals surface area contributed by atoms with E-state index in [-0.39, 0.29) is 5.91 Å². The molecule has 1 atom stereocenters. The van der Waals surface area contributed by atoms with Crippen molar-refractivity contribution in [2.75, 3.05) is 0 Å². The van der Waals surface area contributed by atoms with E-state index in [1.165, 1.54) is 6.08 Å². The van der Waals surface area contributed by atoms with E-state index in [9.17, 15) is 4.79 Å². The lowest BCUT2D eigenvalue weighted by atomic mass is 10.1. The molecule has 0 fully saturated rings. The molecule has 32 heavy (non-hydrogen) atoms. The van der Waals surface area contributed by atoms with E-state index in [0.717, 1.165) is 39.9 Å². The lowest BCUT2D eigenvalue weighted by molar-refractivity contribution is -0.117. The summed E-state index contributed by atoms with van der Waals surface area (Å²) in [5.74, 6) is 1.97. The number of benzene rings is 1. The van der Waals surface area contributed by atoms with Crippen molar-refractivity contribution in [1.82, 2.24) is 24.6 Å². The van der Waals surface area contributed by atoms with Crippen LogP contribution in [0.4, 0.5) is 0 Å². The third-order valence-electron chi connectivity index (χ3n) is 5.34. The number of hydrogen-bond acceptors (Lipinski definition) is 4. The molecule has 0 aliphatic carbocycles. The molecule has 7 nitrogen and oxygen atoms in total. The second-order valence-corrected chi connectivity index (χ2v) is 8.12. The molecule has 164 valence electrons. The molecule has 0 bridgehead atoms. The Morgan fingerprint density at radius 3 is 2.56 bits per heavy atom. The molecule has 0 spiro atoms. The van der Waals surface area contributed by atoms with E-state index in [2.05, 4.69) is 15.5 Å². The minimum absolute atomic E-state index is 0.227. The monoisotopic (exact) mass is 449 g/mol. The predicted molar refractivity (Wildman–Crippen MR) is 124 cm³/mol. The lowest BCUT2D eigenvalue weighted by Crippen LogP contribution is -2.29. The van der Waals surface area contributed by atoms with Gasteiger partial charge >= 0.3 is 0 Å². The van der Waals surface area contributed by atoms with E-state index in [1.807, 2.05) is 67.4 Å². The third kappa shape index (κ3) is 4.38. The first-order valence-corrected chi connectivity index (χ1v) is 10.5. The van der Waals surface area contributed by atoms with E-state index < -0.39 is 6.04 Å². The highest BCUT2D eigenvalue weighted by molar-refractivity contribution is 6.30. The van der Waals surface area contributed by atoms with E-state index >= 15 is 0 Å². The van der Waals surface area contributed by atoms with Crippen LogP contribution in [0.3, 0.4) is 0 Å². The van der Waals surface area contributed by atoms with E-state index in [0.29, 0.717) is 5.02 Å². The molecular weight excluding hydrogens is 426 g/mol. The van der Waals surface area contributed by atoms with Gasteiger partial charge in [0.05, 0.1) is 0 Å². The SMILES string of the molecule is Cc1cc(-n2c(C)cc(/C=C/C(=O)NC(c3ccc(Cl)cc3)c3nccn3C)c2C)no1. The highest BCUT2D eigenvalue weighted by Gasteiger charge is 2.20. The summed E-state index contributed by atoms with van der Waals surface area (Å²) in [6, 6.07) is 10.9. The zero-order valence-electron chi connectivity index (χ0n) is 18.3. The molecule has 0 aliphatic heterocycles. The van der Waals surface area contributed by atoms with Crippen LogP contribution in [0.5, 0.6) is 0 Å². The predicted octanol–water partition coefficient (Wildman–Crippen LogP) is 4.70. The molecule has 1 aromatic carbocycles. The Balaban J connectivity index is 1.58. The molecular formula is C24H24ClN5O2. The van der Waals surface area contributed by atoms with Crippen molar-refractivity contribution in [3.8, 4) is 5.82 Å². The van der Waals surface area contributed by atoms with Gasteiger partial charge in [-0.3, -0.25) is 9.36 Å². The zero-order chi connectivity index (χ0) is 22.8. The number of carbonyl (C=O) groups excluding carboxylic acids is 1. The maximum atomic E-state index is 12.9. The van der Waals surface area contributed by atoms with Gasteiger partial charge in [0.1, 0.15) is 17.6 Å². The molecule has 0 radical (unpaired) electrons. The number of amides is 1. The number of nitrogens with zero attached hydrogens (tertiary/aromatic N) is 4. The van der Waals surface area contributed by atoms with Crippen LogP contribution in [0.1, 0.15) is 40.1 Å². The van der Waals surface area contributed by atoms with Crippen molar-refractivity contribution in [1.29, 1.82) is 0 Å². The molecule has 8 heteroatoms. The van der Waals surface area contributed by atoms with Crippen LogP contribution in [-0.2, 0) is 11.8 Å². The van der Waals surface area contributed by atoms with Gasteiger partial charge in [0, 0.05) is 48.0 Å². The van der Waals surface area contributed by atoms with E-state index in [1.54, 1.807) is 24.4 Å². The van der Waals surface area contributed by atoms with Crippen molar-refractivity contribution in [2.24, 2.45) is 7.05 Å². The molecule has 0 saturated heterocycles. The third-order valence-corrected chi connectivity index (χ3v) is 5.59. The number of hydrogen-bond donors (Lipinski definition) is 1. The Labute approximate surface area is 191 Å². The number of imidazole rings is 1. The number of rotatable bonds is 6. The fraction of sp³-hybridized carbons (Fsp3) is 0.208. The second kappa shape index (κ2) is 8.88. The van der Waals surface area contributed by atoms with Crippen LogP contribution in [0.15, 0.2) is 59.4 Å². The summed E-state index contributed by atoms with van der Waals surface area (Å²) in [6.45, 7) is 5.83. The van der Waals surface area contributed by atoms with Crippen molar-refractivity contribution in [3.05, 3.63) is 94.0 Å². The summed E-state index contributed by atoms with van der Waals surface area (Å²) in [6.07, 6.45) is 6.89. The first kappa shape index (κ1) is 21.6. The Hall–Kier alpha value is -3.58. The summed E-state index contributed by atoms with van der Waals surface area (Å²) >= 11 is 6.04. The molecule has 1 amide bonds. The summed E-state index contributed by atoms with van der Waals surface area (Å²) in [5, 5.41) is 7.79. The highest BCUT2D eigenvalue weighted by Crippen LogP contribution is 2.24. The summed E-state index contributed by atoms with van der Waals surface area (Å²) in [5.41, 5.74) is 3.80. The molecule has 1 N–H and O–H groups in total. The largest absolute Gasteiger partial charge is 0.360 e. The smallest absolute Gasteiger partial charge is 0.244 e. The van der Waals surface area contributed by atoms with Crippen LogP contribution in [0.25, 0.3) is 11.9 Å². The topological polar surface area (TPSA) is 77.9 Å². The van der Waals surface area contributed by atoms with Crippen molar-refractivity contribution < 1.29 is 9.32 Å². The summed E-state index contributed by atoms with van der Waals surface area (Å²) < 4.78 is 9.09. The second-order valence-electron chi connectivity index (χ2n) is 7.68. The minimum atomic E-state index is -0.407. The van der Waals surface area contributed by atoms with Gasteiger partial charge in [-0.05, 0) is 56.2 Å². The number of aromatic nitrogens is 4. The summed E-state index contributed by atoms with van der Waals surface area (Å²) in [4.78, 5) is 17.3. The molecule has 3 aromatic heterocycles. The van der Waals surface area contributed by atoms with Gasteiger partial charge in [0.2, 0.25) is 5.91 Å².